The van der Waals surface area contributed by atoms with E-state index in [1.165, 1.54) is 18.0 Å². The van der Waals surface area contributed by atoms with Crippen LogP contribution in [0.15, 0.2) is 78.5 Å². The van der Waals surface area contributed by atoms with Gasteiger partial charge in [0.2, 0.25) is 0 Å². The van der Waals surface area contributed by atoms with Crippen molar-refractivity contribution < 1.29 is 9.53 Å². The normalized spacial score (nSPS) is 15.8. The number of aryl methyl sites for hydroxylation is 1. The lowest BCUT2D eigenvalue weighted by atomic mass is 10.1. The number of morpholine rings is 1. The van der Waals surface area contributed by atoms with Gasteiger partial charge in [-0.25, -0.2) is 9.97 Å². The maximum absolute atomic E-state index is 14.2. The monoisotopic (exact) mass is 522 g/mol. The second kappa shape index (κ2) is 10.4. The van der Waals surface area contributed by atoms with E-state index in [-0.39, 0.29) is 11.5 Å². The molecule has 6 rings (SSSR count). The van der Waals surface area contributed by atoms with Crippen LogP contribution < -0.4 is 15.4 Å². The van der Waals surface area contributed by atoms with E-state index in [9.17, 15) is 9.59 Å². The van der Waals surface area contributed by atoms with Crippen LogP contribution in [0.1, 0.15) is 11.1 Å². The Kier molecular flexibility index (Phi) is 6.68. The van der Waals surface area contributed by atoms with E-state index in [2.05, 4.69) is 33.6 Å². The molecular weight excluding hydrogens is 492 g/mol. The topological polar surface area (TPSA) is 83.8 Å². The minimum Gasteiger partial charge on any atom is -0.379 e. The molecule has 198 valence electrons. The van der Waals surface area contributed by atoms with Crippen molar-refractivity contribution in [1.82, 2.24) is 19.4 Å². The number of para-hydroxylation sites is 1. The molecule has 2 aromatic heterocycles. The second-order valence-corrected chi connectivity index (χ2v) is 9.82. The lowest BCUT2D eigenvalue weighted by Gasteiger charge is -2.38. The summed E-state index contributed by atoms with van der Waals surface area (Å²) < 4.78 is 7.12. The van der Waals surface area contributed by atoms with E-state index >= 15 is 0 Å². The Hall–Kier alpha value is -4.34. The van der Waals surface area contributed by atoms with Crippen LogP contribution in [0.5, 0.6) is 0 Å². The molecule has 4 aromatic rings. The largest absolute Gasteiger partial charge is 0.379 e. The van der Waals surface area contributed by atoms with Crippen molar-refractivity contribution in [2.75, 3.05) is 49.2 Å². The number of benzene rings is 2. The summed E-state index contributed by atoms with van der Waals surface area (Å²) >= 11 is 0. The fourth-order valence-electron chi connectivity index (χ4n) is 5.47. The van der Waals surface area contributed by atoms with Crippen molar-refractivity contribution >= 4 is 34.0 Å². The number of hydrogen-bond acceptors (Lipinski definition) is 7. The molecule has 39 heavy (non-hydrogen) atoms. The van der Waals surface area contributed by atoms with Crippen molar-refractivity contribution in [3.8, 4) is 5.69 Å². The smallest absolute Gasteiger partial charge is 0.280 e. The minimum absolute atomic E-state index is 0.160. The molecule has 9 heteroatoms. The van der Waals surface area contributed by atoms with Gasteiger partial charge in [-0.15, -0.1) is 0 Å². The van der Waals surface area contributed by atoms with E-state index in [4.69, 9.17) is 4.74 Å². The molecule has 2 aliphatic heterocycles. The van der Waals surface area contributed by atoms with Gasteiger partial charge in [-0.2, -0.15) is 0 Å². The molecule has 1 amide bonds. The standard InChI is InChI=1S/C30H30N6O3/c1-3-27(37)35-12-11-34(25-6-4-5-21(2)28(25)35)26-17-23-18-31-20-32-29(23)36(30(26)38)24-9-7-22(8-10-24)19-33-13-15-39-16-14-33/h3-10,17-18,20H,1,11-16,19H2,2H3. The van der Waals surface area contributed by atoms with Gasteiger partial charge in [-0.1, -0.05) is 30.8 Å². The van der Waals surface area contributed by atoms with Crippen molar-refractivity contribution in [1.29, 1.82) is 0 Å². The summed E-state index contributed by atoms with van der Waals surface area (Å²) in [7, 11) is 0. The third kappa shape index (κ3) is 4.60. The molecule has 0 spiro atoms. The maximum atomic E-state index is 14.2. The van der Waals surface area contributed by atoms with E-state index in [1.807, 2.05) is 48.2 Å². The van der Waals surface area contributed by atoms with Crippen LogP contribution in [-0.4, -0.2) is 64.7 Å². The van der Waals surface area contributed by atoms with Crippen LogP contribution in [0.25, 0.3) is 16.7 Å². The SMILES string of the molecule is C=CC(=O)N1CCN(c2cc3cncnc3n(-c3ccc(CN4CCOCC4)cc3)c2=O)c2cccc(C)c21. The number of fused-ring (bicyclic) bond motifs is 2. The molecule has 0 radical (unpaired) electrons. The number of hydrogen-bond donors (Lipinski definition) is 0. The predicted molar refractivity (Wildman–Crippen MR) is 152 cm³/mol. The van der Waals surface area contributed by atoms with Crippen LogP contribution >= 0.6 is 0 Å². The molecule has 0 bridgehead atoms. The highest BCUT2D eigenvalue weighted by Crippen LogP contribution is 2.39. The first-order valence-electron chi connectivity index (χ1n) is 13.1. The third-order valence-corrected chi connectivity index (χ3v) is 7.40. The van der Waals surface area contributed by atoms with Crippen molar-refractivity contribution in [2.24, 2.45) is 0 Å². The van der Waals surface area contributed by atoms with Crippen LogP contribution in [-0.2, 0) is 16.1 Å². The number of anilines is 3. The van der Waals surface area contributed by atoms with Gasteiger partial charge >= 0.3 is 0 Å². The number of amides is 1. The lowest BCUT2D eigenvalue weighted by Crippen LogP contribution is -2.43. The fourth-order valence-corrected chi connectivity index (χ4v) is 5.47. The zero-order valence-corrected chi connectivity index (χ0v) is 21.9. The average Bonchev–Trinajstić information content (AvgIpc) is 2.97. The van der Waals surface area contributed by atoms with Gasteiger partial charge in [0.05, 0.1) is 30.3 Å². The van der Waals surface area contributed by atoms with E-state index in [1.54, 1.807) is 15.7 Å². The Labute approximate surface area is 226 Å². The molecule has 0 saturated carbocycles. The molecule has 1 saturated heterocycles. The summed E-state index contributed by atoms with van der Waals surface area (Å²) in [6, 6.07) is 15.8. The number of pyridine rings is 1. The molecule has 0 unspecified atom stereocenters. The molecular formula is C30H30N6O3. The van der Waals surface area contributed by atoms with Gasteiger partial charge in [0.15, 0.2) is 5.65 Å². The molecule has 0 atom stereocenters. The number of carbonyl (C=O) groups excluding carboxylic acids is 1. The van der Waals surface area contributed by atoms with Crippen LogP contribution in [0, 0.1) is 6.92 Å². The van der Waals surface area contributed by atoms with E-state index in [0.717, 1.165) is 60.9 Å². The zero-order valence-electron chi connectivity index (χ0n) is 21.9. The molecule has 2 aromatic carbocycles. The van der Waals surface area contributed by atoms with Gasteiger partial charge in [-0.05, 0) is 48.4 Å². The summed E-state index contributed by atoms with van der Waals surface area (Å²) in [5, 5.41) is 0.753. The van der Waals surface area contributed by atoms with Crippen LogP contribution in [0.3, 0.4) is 0 Å². The summed E-state index contributed by atoms with van der Waals surface area (Å²) in [6.45, 7) is 10.7. The highest BCUT2D eigenvalue weighted by atomic mass is 16.5. The van der Waals surface area contributed by atoms with Crippen molar-refractivity contribution in [3.63, 3.8) is 0 Å². The van der Waals surface area contributed by atoms with Crippen LogP contribution in [0.4, 0.5) is 17.1 Å². The Morgan fingerprint density at radius 2 is 1.85 bits per heavy atom. The first-order chi connectivity index (χ1) is 19.0. The number of aromatic nitrogens is 3. The Morgan fingerprint density at radius 3 is 2.62 bits per heavy atom. The predicted octanol–water partition coefficient (Wildman–Crippen LogP) is 3.59. The van der Waals surface area contributed by atoms with E-state index in [0.29, 0.717) is 24.4 Å². The lowest BCUT2D eigenvalue weighted by molar-refractivity contribution is -0.114. The number of ether oxygens (including phenoxy) is 1. The van der Waals surface area contributed by atoms with Crippen molar-refractivity contribution in [3.05, 3.63) is 95.2 Å². The molecule has 2 aliphatic rings. The average molecular weight is 523 g/mol. The molecule has 9 nitrogen and oxygen atoms in total. The molecule has 1 fully saturated rings. The number of rotatable bonds is 5. The van der Waals surface area contributed by atoms with Crippen molar-refractivity contribution in [2.45, 2.75) is 13.5 Å². The summed E-state index contributed by atoms with van der Waals surface area (Å²) in [5.41, 5.74) is 5.33. The van der Waals surface area contributed by atoms with Gasteiger partial charge in [0.25, 0.3) is 11.5 Å². The number of nitrogens with zero attached hydrogens (tertiary/aromatic N) is 6. The molecule has 0 aliphatic carbocycles. The maximum Gasteiger partial charge on any atom is 0.280 e. The number of carbonyl (C=O) groups is 1. The highest BCUT2D eigenvalue weighted by Gasteiger charge is 2.30. The van der Waals surface area contributed by atoms with Gasteiger partial charge in [-0.3, -0.25) is 19.1 Å². The summed E-state index contributed by atoms with van der Waals surface area (Å²) in [5.74, 6) is -0.160. The molecule has 0 N–H and O–H groups in total. The summed E-state index contributed by atoms with van der Waals surface area (Å²) in [4.78, 5) is 41.6. The third-order valence-electron chi connectivity index (χ3n) is 7.40. The second-order valence-electron chi connectivity index (χ2n) is 9.82. The van der Waals surface area contributed by atoms with Gasteiger partial charge in [0, 0.05) is 44.3 Å². The Morgan fingerprint density at radius 1 is 1.05 bits per heavy atom. The Balaban J connectivity index is 1.44. The quantitative estimate of drug-likeness (QED) is 0.371. The zero-order chi connectivity index (χ0) is 26.9. The van der Waals surface area contributed by atoms with Gasteiger partial charge < -0.3 is 14.5 Å². The molecule has 4 heterocycles. The first kappa shape index (κ1) is 25.0. The fraction of sp³-hybridized carbons (Fsp3) is 0.267. The highest BCUT2D eigenvalue weighted by molar-refractivity contribution is 6.05. The van der Waals surface area contributed by atoms with Gasteiger partial charge in [0.1, 0.15) is 12.0 Å². The Bertz CT molecular complexity index is 1610. The summed E-state index contributed by atoms with van der Waals surface area (Å²) in [6.07, 6.45) is 4.52. The first-order valence-corrected chi connectivity index (χ1v) is 13.1. The van der Waals surface area contributed by atoms with Crippen LogP contribution in [0.2, 0.25) is 0 Å². The van der Waals surface area contributed by atoms with E-state index < -0.39 is 0 Å². The minimum atomic E-state index is -0.182.